The van der Waals surface area contributed by atoms with Crippen LogP contribution < -0.4 is 0 Å². The van der Waals surface area contributed by atoms with E-state index in [9.17, 15) is 0 Å². The minimum Gasteiger partial charge on any atom is -0.106 e. The first-order valence-electron chi connectivity index (χ1n) is 9.64. The van der Waals surface area contributed by atoms with Crippen molar-refractivity contribution in [3.63, 3.8) is 0 Å². The van der Waals surface area contributed by atoms with E-state index in [0.29, 0.717) is 0 Å². The van der Waals surface area contributed by atoms with Gasteiger partial charge in [-0.05, 0) is 35.8 Å². The van der Waals surface area contributed by atoms with E-state index < -0.39 is 0 Å². The van der Waals surface area contributed by atoms with Crippen LogP contribution in [-0.2, 0) is 10.8 Å². The Labute approximate surface area is 164 Å². The van der Waals surface area contributed by atoms with Crippen molar-refractivity contribution in [3.8, 4) is 0 Å². The van der Waals surface area contributed by atoms with E-state index >= 15 is 0 Å². The first-order chi connectivity index (χ1) is 12.0. The van der Waals surface area contributed by atoms with Gasteiger partial charge in [0.1, 0.15) is 0 Å². The zero-order valence-electron chi connectivity index (χ0n) is 19.0. The third-order valence-corrected chi connectivity index (χ3v) is 3.84. The van der Waals surface area contributed by atoms with Crippen molar-refractivity contribution in [2.45, 2.75) is 80.1 Å². The van der Waals surface area contributed by atoms with Crippen LogP contribution in [0, 0.1) is 13.8 Å². The summed E-state index contributed by atoms with van der Waals surface area (Å²) in [6.45, 7) is 27.6. The highest BCUT2D eigenvalue weighted by molar-refractivity contribution is 5.27. The molecule has 146 valence electrons. The molecule has 0 saturated heterocycles. The molecule has 0 heterocycles. The summed E-state index contributed by atoms with van der Waals surface area (Å²) in [6, 6.07) is 17.5. The predicted octanol–water partition coefficient (Wildman–Crippen LogP) is 8.41. The van der Waals surface area contributed by atoms with Gasteiger partial charge in [0.05, 0.1) is 0 Å². The molecule has 2 aromatic rings. The molecule has 0 unspecified atom stereocenters. The maximum atomic E-state index is 3.00. The summed E-state index contributed by atoms with van der Waals surface area (Å²) in [5.74, 6) is 0. The molecule has 2 aromatic carbocycles. The maximum Gasteiger partial charge on any atom is -0.0132 e. The van der Waals surface area contributed by atoms with Crippen molar-refractivity contribution < 1.29 is 0 Å². The van der Waals surface area contributed by atoms with Crippen LogP contribution in [0.15, 0.2) is 61.7 Å². The zero-order valence-corrected chi connectivity index (χ0v) is 19.0. The smallest absolute Gasteiger partial charge is 0.0132 e. The first-order valence-corrected chi connectivity index (χ1v) is 9.64. The van der Waals surface area contributed by atoms with E-state index in [1.165, 1.54) is 22.3 Å². The van der Waals surface area contributed by atoms with Crippen molar-refractivity contribution in [2.24, 2.45) is 0 Å². The minimum atomic E-state index is 0.285. The summed E-state index contributed by atoms with van der Waals surface area (Å²) >= 11 is 0. The first kappa shape index (κ1) is 26.4. The molecule has 26 heavy (non-hydrogen) atoms. The van der Waals surface area contributed by atoms with E-state index in [1.54, 1.807) is 0 Å². The normalized spacial score (nSPS) is 10.2. The average molecular weight is 355 g/mol. The van der Waals surface area contributed by atoms with Gasteiger partial charge in [-0.2, -0.15) is 0 Å². The van der Waals surface area contributed by atoms with Gasteiger partial charge in [0.2, 0.25) is 0 Å². The summed E-state index contributed by atoms with van der Waals surface area (Å²) in [6.07, 6.45) is 0. The van der Waals surface area contributed by atoms with Crippen molar-refractivity contribution in [2.75, 3.05) is 0 Å². The van der Waals surface area contributed by atoms with Gasteiger partial charge in [0.25, 0.3) is 0 Å². The lowest BCUT2D eigenvalue weighted by Gasteiger charge is -2.18. The van der Waals surface area contributed by atoms with E-state index in [-0.39, 0.29) is 10.8 Å². The fraction of sp³-hybridized carbons (Fsp3) is 0.462. The molecule has 0 bridgehead atoms. The Morgan fingerprint density at radius 3 is 0.846 bits per heavy atom. The van der Waals surface area contributed by atoms with Crippen molar-refractivity contribution in [1.82, 2.24) is 0 Å². The van der Waals surface area contributed by atoms with Crippen LogP contribution in [-0.4, -0.2) is 0 Å². The van der Waals surface area contributed by atoms with Crippen molar-refractivity contribution in [1.29, 1.82) is 0 Å². The second kappa shape index (κ2) is 12.5. The number of hydrogen-bond donors (Lipinski definition) is 0. The molecule has 0 fully saturated rings. The standard InChI is InChI=1S/2C11H16.C2H6.C2H4/c2*1-9-5-7-10(8-6-9)11(2,3)4;2*1-2/h2*5-8H,1-4H3;1-2H3;1-2H2. The fourth-order valence-corrected chi connectivity index (χ4v) is 2.11. The van der Waals surface area contributed by atoms with Gasteiger partial charge in [0, 0.05) is 0 Å². The Morgan fingerprint density at radius 2 is 0.692 bits per heavy atom. The van der Waals surface area contributed by atoms with E-state index in [4.69, 9.17) is 0 Å². The molecule has 0 aliphatic carbocycles. The van der Waals surface area contributed by atoms with Crippen LogP contribution in [0.2, 0.25) is 0 Å². The number of aryl methyl sites for hydroxylation is 2. The molecular weight excluding hydrogens is 312 g/mol. The Bertz CT molecular complexity index is 516. The monoisotopic (exact) mass is 354 g/mol. The van der Waals surface area contributed by atoms with Crippen molar-refractivity contribution >= 4 is 0 Å². The van der Waals surface area contributed by atoms with E-state index in [0.717, 1.165) is 0 Å². The average Bonchev–Trinajstić information content (AvgIpc) is 2.58. The Hall–Kier alpha value is -1.82. The zero-order chi connectivity index (χ0) is 21.0. The molecule has 0 aliphatic heterocycles. The molecule has 0 heteroatoms. The fourth-order valence-electron chi connectivity index (χ4n) is 2.11. The van der Waals surface area contributed by atoms with Gasteiger partial charge in [0.15, 0.2) is 0 Å². The molecule has 0 N–H and O–H groups in total. The van der Waals surface area contributed by atoms with Crippen LogP contribution in [0.3, 0.4) is 0 Å². The largest absolute Gasteiger partial charge is 0.106 e. The molecule has 0 atom stereocenters. The minimum absolute atomic E-state index is 0.285. The van der Waals surface area contributed by atoms with Gasteiger partial charge in [-0.25, -0.2) is 0 Å². The highest BCUT2D eigenvalue weighted by Crippen LogP contribution is 2.22. The van der Waals surface area contributed by atoms with Gasteiger partial charge in [-0.3, -0.25) is 0 Å². The second-order valence-corrected chi connectivity index (χ2v) is 8.23. The Morgan fingerprint density at radius 1 is 0.500 bits per heavy atom. The molecule has 0 radical (unpaired) electrons. The number of benzene rings is 2. The molecule has 0 nitrogen and oxygen atoms in total. The van der Waals surface area contributed by atoms with Crippen LogP contribution in [0.4, 0.5) is 0 Å². The van der Waals surface area contributed by atoms with Gasteiger partial charge in [-0.15, -0.1) is 13.2 Å². The topological polar surface area (TPSA) is 0 Å². The Kier molecular flexibility index (Phi) is 12.7. The molecular formula is C26H42. The van der Waals surface area contributed by atoms with Gasteiger partial charge in [-0.1, -0.05) is 115 Å². The predicted molar refractivity (Wildman–Crippen MR) is 122 cm³/mol. The summed E-state index contributed by atoms with van der Waals surface area (Å²) in [4.78, 5) is 0. The SMILES string of the molecule is C=C.CC.Cc1ccc(C(C)(C)C)cc1.Cc1ccc(C(C)(C)C)cc1. The van der Waals surface area contributed by atoms with Crippen LogP contribution >= 0.6 is 0 Å². The summed E-state index contributed by atoms with van der Waals surface area (Å²) in [5.41, 5.74) is 6.05. The third kappa shape index (κ3) is 10.9. The van der Waals surface area contributed by atoms with E-state index in [1.807, 2.05) is 13.8 Å². The number of hydrogen-bond acceptors (Lipinski definition) is 0. The molecule has 0 amide bonds. The van der Waals surface area contributed by atoms with Gasteiger partial charge >= 0.3 is 0 Å². The lowest BCUT2D eigenvalue weighted by molar-refractivity contribution is 0.590. The summed E-state index contributed by atoms with van der Waals surface area (Å²) in [5, 5.41) is 0. The Balaban J connectivity index is 0. The highest BCUT2D eigenvalue weighted by atomic mass is 14.2. The number of rotatable bonds is 0. The lowest BCUT2D eigenvalue weighted by Crippen LogP contribution is -2.10. The van der Waals surface area contributed by atoms with Crippen LogP contribution in [0.25, 0.3) is 0 Å². The second-order valence-electron chi connectivity index (χ2n) is 8.23. The maximum absolute atomic E-state index is 3.00. The third-order valence-electron chi connectivity index (χ3n) is 3.84. The highest BCUT2D eigenvalue weighted by Gasteiger charge is 2.12. The van der Waals surface area contributed by atoms with Crippen molar-refractivity contribution in [3.05, 3.63) is 83.9 Å². The van der Waals surface area contributed by atoms with Crippen LogP contribution in [0.1, 0.15) is 77.6 Å². The molecule has 2 rings (SSSR count). The van der Waals surface area contributed by atoms with Gasteiger partial charge < -0.3 is 0 Å². The molecule has 0 aromatic heterocycles. The summed E-state index contributed by atoms with van der Waals surface area (Å²) < 4.78 is 0. The molecule has 0 spiro atoms. The quantitative estimate of drug-likeness (QED) is 0.416. The molecule has 0 aliphatic rings. The molecule has 0 saturated carbocycles. The summed E-state index contributed by atoms with van der Waals surface area (Å²) in [7, 11) is 0. The lowest BCUT2D eigenvalue weighted by atomic mass is 9.87. The van der Waals surface area contributed by atoms with Crippen LogP contribution in [0.5, 0.6) is 0 Å². The van der Waals surface area contributed by atoms with E-state index in [2.05, 4.69) is 117 Å².